The fraction of sp³-hybridized carbons (Fsp3) is 0.368. The number of carbonyl (C=O) groups is 1. The van der Waals surface area contributed by atoms with E-state index in [4.69, 9.17) is 16.3 Å². The van der Waals surface area contributed by atoms with Crippen molar-refractivity contribution in [3.8, 4) is 0 Å². The van der Waals surface area contributed by atoms with E-state index in [1.807, 2.05) is 6.92 Å². The van der Waals surface area contributed by atoms with Crippen LogP contribution in [0.1, 0.15) is 36.5 Å². The molecule has 1 saturated carbocycles. The topological polar surface area (TPSA) is 112 Å². The number of pyridine rings is 1. The normalized spacial score (nSPS) is 14.8. The third-order valence-electron chi connectivity index (χ3n) is 5.07. The van der Waals surface area contributed by atoms with E-state index in [0.717, 1.165) is 12.8 Å². The van der Waals surface area contributed by atoms with Crippen molar-refractivity contribution in [2.24, 2.45) is 0 Å². The van der Waals surface area contributed by atoms with E-state index in [9.17, 15) is 18.0 Å². The van der Waals surface area contributed by atoms with Gasteiger partial charge < -0.3 is 14.7 Å². The van der Waals surface area contributed by atoms with Crippen LogP contribution < -0.4 is 5.56 Å². The highest BCUT2D eigenvalue weighted by molar-refractivity contribution is 7.89. The Labute approximate surface area is 171 Å². The molecule has 8 nitrogen and oxygen atoms in total. The van der Waals surface area contributed by atoms with Crippen molar-refractivity contribution in [3.63, 3.8) is 0 Å². The first-order chi connectivity index (χ1) is 13.8. The molecule has 0 unspecified atom stereocenters. The molecule has 0 atom stereocenters. The molecule has 1 aromatic carbocycles. The van der Waals surface area contributed by atoms with Gasteiger partial charge in [0, 0.05) is 30.1 Å². The summed E-state index contributed by atoms with van der Waals surface area (Å²) >= 11 is 6.28. The zero-order valence-electron chi connectivity index (χ0n) is 15.9. The van der Waals surface area contributed by atoms with Crippen LogP contribution >= 0.6 is 11.6 Å². The van der Waals surface area contributed by atoms with Crippen molar-refractivity contribution in [1.29, 1.82) is 0 Å². The van der Waals surface area contributed by atoms with Gasteiger partial charge in [-0.3, -0.25) is 4.79 Å². The van der Waals surface area contributed by atoms with Gasteiger partial charge in [-0.1, -0.05) is 18.5 Å². The third kappa shape index (κ3) is 3.33. The number of H-pyrrole nitrogens is 2. The van der Waals surface area contributed by atoms with Gasteiger partial charge in [-0.2, -0.15) is 4.31 Å². The average Bonchev–Trinajstić information content (AvgIpc) is 3.42. The van der Waals surface area contributed by atoms with E-state index in [1.165, 1.54) is 29.7 Å². The molecule has 0 aliphatic heterocycles. The van der Waals surface area contributed by atoms with Crippen LogP contribution in [0.5, 0.6) is 0 Å². The summed E-state index contributed by atoms with van der Waals surface area (Å²) in [5, 5.41) is 0.717. The van der Waals surface area contributed by atoms with E-state index in [2.05, 4.69) is 9.97 Å². The monoisotopic (exact) mass is 437 g/mol. The Kier molecular flexibility index (Phi) is 4.92. The molecule has 10 heteroatoms. The van der Waals surface area contributed by atoms with Gasteiger partial charge in [0.05, 0.1) is 22.7 Å². The number of aromatic nitrogens is 2. The second kappa shape index (κ2) is 7.16. The van der Waals surface area contributed by atoms with Crippen molar-refractivity contribution in [3.05, 3.63) is 39.3 Å². The summed E-state index contributed by atoms with van der Waals surface area (Å²) in [5.41, 5.74) is 0.237. The molecule has 4 rings (SSSR count). The Balaban J connectivity index is 1.98. The molecular formula is C19H20ClN3O5S. The first-order valence-electron chi connectivity index (χ1n) is 9.27. The van der Waals surface area contributed by atoms with E-state index in [1.54, 1.807) is 0 Å². The number of hydrogen-bond acceptors (Lipinski definition) is 5. The number of fused-ring (bicyclic) bond motifs is 3. The largest absolute Gasteiger partial charge is 0.462 e. The van der Waals surface area contributed by atoms with Gasteiger partial charge in [-0.05, 0) is 31.4 Å². The lowest BCUT2D eigenvalue weighted by atomic mass is 10.1. The number of nitrogens with zero attached hydrogens (tertiary/aromatic N) is 1. The summed E-state index contributed by atoms with van der Waals surface area (Å²) in [4.78, 5) is 30.3. The molecule has 0 spiro atoms. The van der Waals surface area contributed by atoms with Gasteiger partial charge in [0.2, 0.25) is 10.0 Å². The molecule has 0 amide bonds. The minimum atomic E-state index is -3.82. The highest BCUT2D eigenvalue weighted by Crippen LogP contribution is 2.36. The number of hydrogen-bond donors (Lipinski definition) is 2. The summed E-state index contributed by atoms with van der Waals surface area (Å²) in [7, 11) is -2.30. The molecule has 0 saturated heterocycles. The molecule has 3 aromatic rings. The standard InChI is InChI=1S/C19H20ClN3O5S/c1-3-6-28-19(25)12-9-21-17-16(12)11-7-15(13(20)8-14(11)22-18(17)24)29(26,27)23(2)10-4-5-10/h7-10,21H,3-6H2,1-2H3,(H,22,24). The summed E-state index contributed by atoms with van der Waals surface area (Å²) in [6.45, 7) is 2.11. The second-order valence-corrected chi connectivity index (χ2v) is 9.50. The Bertz CT molecular complexity index is 1290. The number of sulfonamides is 1. The maximum absolute atomic E-state index is 13.0. The van der Waals surface area contributed by atoms with Crippen molar-refractivity contribution >= 4 is 49.4 Å². The minimum Gasteiger partial charge on any atom is -0.462 e. The number of nitrogens with one attached hydrogen (secondary N) is 2. The van der Waals surface area contributed by atoms with Gasteiger partial charge in [-0.15, -0.1) is 0 Å². The van der Waals surface area contributed by atoms with Crippen LogP contribution in [0.25, 0.3) is 21.8 Å². The van der Waals surface area contributed by atoms with E-state index in [-0.39, 0.29) is 33.6 Å². The molecule has 1 aliphatic rings. The molecule has 154 valence electrons. The van der Waals surface area contributed by atoms with E-state index < -0.39 is 21.6 Å². The molecule has 0 bridgehead atoms. The average molecular weight is 438 g/mol. The molecule has 2 heterocycles. The number of rotatable bonds is 6. The van der Waals surface area contributed by atoms with Crippen LogP contribution in [0.3, 0.4) is 0 Å². The zero-order valence-corrected chi connectivity index (χ0v) is 17.5. The van der Waals surface area contributed by atoms with Crippen LogP contribution in [-0.2, 0) is 14.8 Å². The molecule has 2 aromatic heterocycles. The van der Waals surface area contributed by atoms with Crippen LogP contribution in [0.4, 0.5) is 0 Å². The van der Waals surface area contributed by atoms with Crippen LogP contribution in [0, 0.1) is 0 Å². The second-order valence-electron chi connectivity index (χ2n) is 7.12. The maximum atomic E-state index is 13.0. The van der Waals surface area contributed by atoms with E-state index in [0.29, 0.717) is 22.7 Å². The lowest BCUT2D eigenvalue weighted by Crippen LogP contribution is -2.29. The van der Waals surface area contributed by atoms with Gasteiger partial charge >= 0.3 is 5.97 Å². The SMILES string of the molecule is CCCOC(=O)c1c[nH]c2c(=O)[nH]c3cc(Cl)c(S(=O)(=O)N(C)C4CC4)cc3c12. The lowest BCUT2D eigenvalue weighted by molar-refractivity contribution is 0.0507. The number of ether oxygens (including phenoxy) is 1. The fourth-order valence-corrected chi connectivity index (χ4v) is 5.29. The Morgan fingerprint density at radius 1 is 1.34 bits per heavy atom. The van der Waals surface area contributed by atoms with Crippen LogP contribution in [0.2, 0.25) is 5.02 Å². The van der Waals surface area contributed by atoms with Crippen LogP contribution in [0.15, 0.2) is 28.0 Å². The Hall–Kier alpha value is -2.36. The predicted molar refractivity (Wildman–Crippen MR) is 110 cm³/mol. The Morgan fingerprint density at radius 2 is 2.07 bits per heavy atom. The molecule has 2 N–H and O–H groups in total. The summed E-state index contributed by atoms with van der Waals surface area (Å²) in [6, 6.07) is 2.78. The van der Waals surface area contributed by atoms with Crippen molar-refractivity contribution in [1.82, 2.24) is 14.3 Å². The maximum Gasteiger partial charge on any atom is 0.340 e. The molecule has 29 heavy (non-hydrogen) atoms. The quantitative estimate of drug-likeness (QED) is 0.575. The lowest BCUT2D eigenvalue weighted by Gasteiger charge is -2.18. The molecule has 0 radical (unpaired) electrons. The first kappa shape index (κ1) is 19.9. The number of aromatic amines is 2. The summed E-state index contributed by atoms with van der Waals surface area (Å²) in [6.07, 6.45) is 3.67. The predicted octanol–water partition coefficient (Wildman–Crippen LogP) is 3.01. The molecule has 1 aliphatic carbocycles. The van der Waals surface area contributed by atoms with Crippen molar-refractivity contribution in [2.45, 2.75) is 37.1 Å². The highest BCUT2D eigenvalue weighted by atomic mass is 35.5. The van der Waals surface area contributed by atoms with Gasteiger partial charge in [0.1, 0.15) is 10.4 Å². The van der Waals surface area contributed by atoms with Gasteiger partial charge in [0.25, 0.3) is 5.56 Å². The minimum absolute atomic E-state index is 0.00523. The van der Waals surface area contributed by atoms with Gasteiger partial charge in [0.15, 0.2) is 0 Å². The third-order valence-corrected chi connectivity index (χ3v) is 7.45. The summed E-state index contributed by atoms with van der Waals surface area (Å²) in [5.74, 6) is -0.584. The summed E-state index contributed by atoms with van der Waals surface area (Å²) < 4.78 is 32.6. The number of esters is 1. The number of carbonyl (C=O) groups excluding carboxylic acids is 1. The zero-order chi connectivity index (χ0) is 20.9. The number of halogens is 1. The van der Waals surface area contributed by atoms with Crippen LogP contribution in [-0.4, -0.2) is 48.4 Å². The number of benzene rings is 1. The smallest absolute Gasteiger partial charge is 0.340 e. The van der Waals surface area contributed by atoms with Gasteiger partial charge in [-0.25, -0.2) is 13.2 Å². The van der Waals surface area contributed by atoms with Crippen molar-refractivity contribution in [2.75, 3.05) is 13.7 Å². The molecular weight excluding hydrogens is 418 g/mol. The highest BCUT2D eigenvalue weighted by Gasteiger charge is 2.36. The Morgan fingerprint density at radius 3 is 2.72 bits per heavy atom. The van der Waals surface area contributed by atoms with Crippen molar-refractivity contribution < 1.29 is 17.9 Å². The fourth-order valence-electron chi connectivity index (χ4n) is 3.35. The van der Waals surface area contributed by atoms with E-state index >= 15 is 0 Å². The first-order valence-corrected chi connectivity index (χ1v) is 11.1. The molecule has 1 fully saturated rings.